The normalized spacial score (nSPS) is 11.8. The van der Waals surface area contributed by atoms with Crippen LogP contribution >= 0.6 is 21.6 Å². The number of ether oxygens (including phenoxy) is 3. The molecule has 240 valence electrons. The molecule has 0 aromatic carbocycles. The minimum absolute atomic E-state index is 0.0145. The second kappa shape index (κ2) is 20.3. The van der Waals surface area contributed by atoms with Crippen LogP contribution in [0, 0.1) is 11.3 Å². The van der Waals surface area contributed by atoms with E-state index in [1.165, 1.54) is 4.90 Å². The Labute approximate surface area is 256 Å². The van der Waals surface area contributed by atoms with Crippen molar-refractivity contribution in [1.82, 2.24) is 14.7 Å². The molecule has 0 aliphatic rings. The van der Waals surface area contributed by atoms with Gasteiger partial charge in [-0.15, -0.1) is 0 Å². The van der Waals surface area contributed by atoms with E-state index in [1.54, 1.807) is 66.4 Å². The van der Waals surface area contributed by atoms with Gasteiger partial charge in [0.25, 0.3) is 0 Å². The lowest BCUT2D eigenvalue weighted by molar-refractivity contribution is -0.147. The van der Waals surface area contributed by atoms with Crippen LogP contribution in [0.25, 0.3) is 0 Å². The average Bonchev–Trinajstić information content (AvgIpc) is 2.88. The summed E-state index contributed by atoms with van der Waals surface area (Å²) >= 11 is 0. The van der Waals surface area contributed by atoms with Crippen molar-refractivity contribution in [3.05, 3.63) is 0 Å². The lowest BCUT2D eigenvalue weighted by Crippen LogP contribution is -2.38. The van der Waals surface area contributed by atoms with Crippen LogP contribution in [0.4, 0.5) is 4.79 Å². The van der Waals surface area contributed by atoms with Gasteiger partial charge in [0.1, 0.15) is 13.2 Å². The molecule has 10 nitrogen and oxygen atoms in total. The number of rotatable bonds is 20. The maximum atomic E-state index is 12.7. The lowest BCUT2D eigenvalue weighted by atomic mass is 9.93. The fourth-order valence-electron chi connectivity index (χ4n) is 3.04. The molecule has 0 heterocycles. The molecule has 0 aliphatic heterocycles. The predicted octanol–water partition coefficient (Wildman–Crippen LogP) is 4.95. The molecule has 0 rings (SSSR count). The van der Waals surface area contributed by atoms with Gasteiger partial charge in [0, 0.05) is 57.8 Å². The second-order valence-electron chi connectivity index (χ2n) is 12.3. The molecule has 0 aliphatic carbocycles. The quantitative estimate of drug-likeness (QED) is 0.106. The summed E-state index contributed by atoms with van der Waals surface area (Å²) in [6, 6.07) is 0. The summed E-state index contributed by atoms with van der Waals surface area (Å²) in [6.07, 6.45) is 1.95. The number of carbonyl (C=O) groups is 4. The monoisotopic (exact) mass is 621 g/mol. The zero-order chi connectivity index (χ0) is 31.6. The van der Waals surface area contributed by atoms with Gasteiger partial charge in [-0.05, 0) is 32.1 Å². The van der Waals surface area contributed by atoms with E-state index in [-0.39, 0.29) is 53.6 Å². The Bertz CT molecular complexity index is 804. The molecule has 0 aromatic rings. The van der Waals surface area contributed by atoms with Gasteiger partial charge in [-0.3, -0.25) is 14.4 Å². The van der Waals surface area contributed by atoms with E-state index in [1.807, 2.05) is 0 Å². The molecule has 0 saturated heterocycles. The van der Waals surface area contributed by atoms with E-state index >= 15 is 0 Å². The number of hydrogen-bond acceptors (Lipinski definition) is 9. The molecule has 41 heavy (non-hydrogen) atoms. The molecule has 12 heteroatoms. The van der Waals surface area contributed by atoms with E-state index < -0.39 is 6.09 Å². The fraction of sp³-hybridized carbons (Fsp3) is 0.862. The van der Waals surface area contributed by atoms with Crippen molar-refractivity contribution >= 4 is 45.5 Å². The molecule has 0 atom stereocenters. The van der Waals surface area contributed by atoms with Crippen LogP contribution < -0.4 is 0 Å². The molecule has 0 N–H and O–H groups in total. The van der Waals surface area contributed by atoms with Gasteiger partial charge in [0.15, 0.2) is 0 Å². The zero-order valence-corrected chi connectivity index (χ0v) is 28.7. The summed E-state index contributed by atoms with van der Waals surface area (Å²) in [6.45, 7) is 16.9. The molecule has 0 radical (unpaired) electrons. The van der Waals surface area contributed by atoms with Crippen molar-refractivity contribution in [2.45, 2.75) is 78.9 Å². The van der Waals surface area contributed by atoms with E-state index in [0.717, 1.165) is 6.42 Å². The molecule has 0 fully saturated rings. The zero-order valence-electron chi connectivity index (χ0n) is 27.1. The minimum atomic E-state index is -0.458. The number of nitrogens with zero attached hydrogens (tertiary/aromatic N) is 3. The summed E-state index contributed by atoms with van der Waals surface area (Å²) in [7, 11) is 8.39. The summed E-state index contributed by atoms with van der Waals surface area (Å²) in [5.74, 6) is 0.186. The van der Waals surface area contributed by atoms with Crippen molar-refractivity contribution in [3.63, 3.8) is 0 Å². The van der Waals surface area contributed by atoms with Gasteiger partial charge in [0.2, 0.25) is 11.8 Å². The number of esters is 1. The first-order valence-electron chi connectivity index (χ1n) is 14.4. The van der Waals surface area contributed by atoms with Crippen molar-refractivity contribution in [2.24, 2.45) is 11.3 Å². The molecule has 3 amide bonds. The largest absolute Gasteiger partial charge is 0.464 e. The standard InChI is InChI=1S/C29H55N3O7S2/c1-23(2)26(35)38-20-17-32(10)27(36)39-21-22-40-41-29(6,7)13-11-24(33)30(8)15-16-31(9)25(34)12-18-37-19-14-28(3,4)5/h23H,11-22H2,1-10H3. The van der Waals surface area contributed by atoms with Crippen molar-refractivity contribution < 1.29 is 33.4 Å². The summed E-state index contributed by atoms with van der Waals surface area (Å²) in [4.78, 5) is 53.2. The number of carbonyl (C=O) groups excluding carboxylic acids is 4. The van der Waals surface area contributed by atoms with Crippen molar-refractivity contribution in [2.75, 3.05) is 73.0 Å². The van der Waals surface area contributed by atoms with Gasteiger partial charge >= 0.3 is 12.1 Å². The Balaban J connectivity index is 4.10. The maximum absolute atomic E-state index is 12.7. The highest BCUT2D eigenvalue weighted by Crippen LogP contribution is 2.38. The van der Waals surface area contributed by atoms with E-state index in [2.05, 4.69) is 34.6 Å². The highest BCUT2D eigenvalue weighted by atomic mass is 33.1. The Hall–Kier alpha value is -1.66. The molecule has 0 unspecified atom stereocenters. The SMILES string of the molecule is CC(C)C(=O)OCCN(C)C(=O)OCCSSC(C)(C)CCC(=O)N(C)CCN(C)C(=O)CCOCCC(C)(C)C. The van der Waals surface area contributed by atoms with Gasteiger partial charge in [-0.25, -0.2) is 4.79 Å². The number of likely N-dealkylation sites (N-methyl/N-ethyl adjacent to an activating group) is 3. The lowest BCUT2D eigenvalue weighted by Gasteiger charge is -2.26. The second-order valence-corrected chi connectivity index (χ2v) is 15.4. The van der Waals surface area contributed by atoms with Gasteiger partial charge in [0.05, 0.1) is 25.5 Å². The molecule has 0 bridgehead atoms. The smallest absolute Gasteiger partial charge is 0.409 e. The Morgan fingerprint density at radius 1 is 0.707 bits per heavy atom. The molecule has 0 spiro atoms. The summed E-state index contributed by atoms with van der Waals surface area (Å²) in [5.41, 5.74) is 0.216. The molecule has 0 saturated carbocycles. The summed E-state index contributed by atoms with van der Waals surface area (Å²) in [5, 5.41) is 0. The Morgan fingerprint density at radius 3 is 1.85 bits per heavy atom. The van der Waals surface area contributed by atoms with Crippen LogP contribution in [0.3, 0.4) is 0 Å². The fourth-order valence-corrected chi connectivity index (χ4v) is 5.44. The Morgan fingerprint density at radius 2 is 1.29 bits per heavy atom. The average molecular weight is 622 g/mol. The molecular weight excluding hydrogens is 566 g/mol. The van der Waals surface area contributed by atoms with Crippen LogP contribution in [0.1, 0.15) is 74.1 Å². The highest BCUT2D eigenvalue weighted by molar-refractivity contribution is 8.77. The molecule has 0 aromatic heterocycles. The predicted molar refractivity (Wildman–Crippen MR) is 168 cm³/mol. The van der Waals surface area contributed by atoms with Gasteiger partial charge in [-0.1, -0.05) is 56.2 Å². The van der Waals surface area contributed by atoms with Crippen LogP contribution in [0.2, 0.25) is 0 Å². The van der Waals surface area contributed by atoms with Crippen LogP contribution in [0.5, 0.6) is 0 Å². The van der Waals surface area contributed by atoms with E-state index in [0.29, 0.717) is 51.3 Å². The first kappa shape index (κ1) is 39.3. The van der Waals surface area contributed by atoms with E-state index in [9.17, 15) is 19.2 Å². The van der Waals surface area contributed by atoms with Crippen molar-refractivity contribution in [1.29, 1.82) is 0 Å². The van der Waals surface area contributed by atoms with Gasteiger partial charge in [-0.2, -0.15) is 0 Å². The topological polar surface area (TPSA) is 106 Å². The van der Waals surface area contributed by atoms with Crippen LogP contribution in [0.15, 0.2) is 0 Å². The molecular formula is C29H55N3O7S2. The van der Waals surface area contributed by atoms with E-state index in [4.69, 9.17) is 14.2 Å². The minimum Gasteiger partial charge on any atom is -0.464 e. The number of hydrogen-bond donors (Lipinski definition) is 0. The highest BCUT2D eigenvalue weighted by Gasteiger charge is 2.22. The third kappa shape index (κ3) is 20.8. The third-order valence-electron chi connectivity index (χ3n) is 6.15. The maximum Gasteiger partial charge on any atom is 0.409 e. The number of amides is 3. The van der Waals surface area contributed by atoms with Crippen LogP contribution in [-0.4, -0.2) is 116 Å². The summed E-state index contributed by atoms with van der Waals surface area (Å²) < 4.78 is 15.8. The van der Waals surface area contributed by atoms with Crippen LogP contribution in [-0.2, 0) is 28.6 Å². The first-order valence-corrected chi connectivity index (χ1v) is 16.7. The third-order valence-corrected chi connectivity index (χ3v) is 9.46. The van der Waals surface area contributed by atoms with Gasteiger partial charge < -0.3 is 28.9 Å². The Kier molecular flexibility index (Phi) is 19.5. The first-order chi connectivity index (χ1) is 18.9. The van der Waals surface area contributed by atoms with Crippen molar-refractivity contribution in [3.8, 4) is 0 Å².